The van der Waals surface area contributed by atoms with E-state index < -0.39 is 8.56 Å². The number of para-hydroxylation sites is 2. The molecule has 2 nitrogen and oxygen atoms in total. The molecule has 0 saturated heterocycles. The first-order valence-electron chi connectivity index (χ1n) is 10.2. The van der Waals surface area contributed by atoms with Gasteiger partial charge in [-0.2, -0.15) is 0 Å². The summed E-state index contributed by atoms with van der Waals surface area (Å²) in [4.78, 5) is 0. The molecule has 0 aliphatic heterocycles. The van der Waals surface area contributed by atoms with Crippen LogP contribution in [0.25, 0.3) is 0 Å². The zero-order chi connectivity index (χ0) is 18.4. The van der Waals surface area contributed by atoms with Crippen molar-refractivity contribution in [1.82, 2.24) is 0 Å². The van der Waals surface area contributed by atoms with Crippen molar-refractivity contribution < 1.29 is 8.85 Å². The highest BCUT2D eigenvalue weighted by atomic mass is 28.4. The molecule has 0 fully saturated rings. The van der Waals surface area contributed by atoms with E-state index in [2.05, 4.69) is 36.4 Å². The number of benzene rings is 2. The van der Waals surface area contributed by atoms with Gasteiger partial charge in [0.05, 0.1) is 0 Å². The van der Waals surface area contributed by atoms with E-state index in [0.29, 0.717) is 0 Å². The van der Waals surface area contributed by atoms with E-state index in [1.54, 1.807) is 0 Å². The van der Waals surface area contributed by atoms with Gasteiger partial charge in [0.15, 0.2) is 0 Å². The van der Waals surface area contributed by atoms with Crippen LogP contribution in [-0.2, 0) is 0 Å². The molecule has 0 spiro atoms. The summed E-state index contributed by atoms with van der Waals surface area (Å²) in [7, 11) is -2.75. The predicted octanol–water partition coefficient (Wildman–Crippen LogP) is 6.67. The van der Waals surface area contributed by atoms with Crippen molar-refractivity contribution in [2.45, 2.75) is 51.4 Å². The molecule has 0 amide bonds. The van der Waals surface area contributed by atoms with Crippen LogP contribution in [0.4, 0.5) is 0 Å². The summed E-state index contributed by atoms with van der Waals surface area (Å²) in [6.07, 6.45) is 14.3. The van der Waals surface area contributed by atoms with Crippen molar-refractivity contribution in [3.05, 3.63) is 83.2 Å². The Balaban J connectivity index is 1.81. The number of allylic oxidation sites excluding steroid dienone is 4. The van der Waals surface area contributed by atoms with Crippen LogP contribution < -0.4 is 8.85 Å². The van der Waals surface area contributed by atoms with Crippen molar-refractivity contribution in [2.24, 2.45) is 0 Å². The zero-order valence-corrected chi connectivity index (χ0v) is 16.9. The number of hydrogen-bond donors (Lipinski definition) is 0. The largest absolute Gasteiger partial charge is 0.522 e. The molecule has 3 heteroatoms. The fraction of sp³-hybridized carbons (Fsp3) is 0.333. The molecule has 2 aromatic carbocycles. The maximum atomic E-state index is 6.87. The molecule has 0 saturated carbocycles. The summed E-state index contributed by atoms with van der Waals surface area (Å²) >= 11 is 0. The van der Waals surface area contributed by atoms with Gasteiger partial charge in [0.25, 0.3) is 0 Å². The Morgan fingerprint density at radius 1 is 0.556 bits per heavy atom. The van der Waals surface area contributed by atoms with Crippen LogP contribution in [0, 0.1) is 0 Å². The molecule has 0 heterocycles. The number of rotatable bonds is 6. The predicted molar refractivity (Wildman–Crippen MR) is 113 cm³/mol. The van der Waals surface area contributed by atoms with Crippen molar-refractivity contribution in [3.8, 4) is 11.5 Å². The summed E-state index contributed by atoms with van der Waals surface area (Å²) in [6, 6.07) is 20.5. The van der Waals surface area contributed by atoms with Crippen molar-refractivity contribution in [1.29, 1.82) is 0 Å². The fourth-order valence-electron chi connectivity index (χ4n) is 4.07. The van der Waals surface area contributed by atoms with Crippen LogP contribution in [0.3, 0.4) is 0 Å². The molecular formula is C24H28O2Si. The van der Waals surface area contributed by atoms with Crippen LogP contribution in [0.5, 0.6) is 11.5 Å². The van der Waals surface area contributed by atoms with Gasteiger partial charge in [0, 0.05) is 0 Å². The minimum atomic E-state index is -2.75. The van der Waals surface area contributed by atoms with Gasteiger partial charge in [0.1, 0.15) is 11.5 Å². The van der Waals surface area contributed by atoms with Gasteiger partial charge in [-0.3, -0.25) is 0 Å². The van der Waals surface area contributed by atoms with E-state index in [0.717, 1.165) is 37.2 Å². The standard InChI is InChI=1S/C24H28O2Si/c1-5-13-21(14-6-1)25-27(23-17-9-3-10-18-23,24-19-11-4-12-20-24)26-22-15-7-2-8-16-22/h1-2,5-8,13-17,19H,3-4,9-12,18,20H2. The second kappa shape index (κ2) is 8.62. The highest BCUT2D eigenvalue weighted by molar-refractivity contribution is 6.83. The first-order chi connectivity index (χ1) is 13.4. The molecule has 0 radical (unpaired) electrons. The lowest BCUT2D eigenvalue weighted by Crippen LogP contribution is -2.54. The van der Waals surface area contributed by atoms with Crippen molar-refractivity contribution >= 4 is 8.56 Å². The SMILES string of the molecule is C1=C([Si](Oc2ccccc2)(Oc2ccccc2)C2=CCCCC2)CCCC1. The average Bonchev–Trinajstić information content (AvgIpc) is 2.76. The average molecular weight is 377 g/mol. The Hall–Kier alpha value is -2.26. The first kappa shape index (κ1) is 18.1. The first-order valence-corrected chi connectivity index (χ1v) is 12.1. The Morgan fingerprint density at radius 2 is 1.00 bits per heavy atom. The van der Waals surface area contributed by atoms with E-state index in [1.807, 2.05) is 36.4 Å². The van der Waals surface area contributed by atoms with Crippen LogP contribution >= 0.6 is 0 Å². The molecule has 2 aliphatic rings. The van der Waals surface area contributed by atoms with Gasteiger partial charge in [-0.15, -0.1) is 0 Å². The minimum Gasteiger partial charge on any atom is -0.506 e. The molecule has 0 N–H and O–H groups in total. The molecule has 2 aromatic rings. The van der Waals surface area contributed by atoms with Gasteiger partial charge in [0.2, 0.25) is 0 Å². The van der Waals surface area contributed by atoms with Crippen LogP contribution in [0.15, 0.2) is 83.2 Å². The van der Waals surface area contributed by atoms with Gasteiger partial charge < -0.3 is 8.85 Å². The number of hydrogen-bond acceptors (Lipinski definition) is 2. The lowest BCUT2D eigenvalue weighted by molar-refractivity contribution is 0.394. The summed E-state index contributed by atoms with van der Waals surface area (Å²) in [5.74, 6) is 1.83. The molecule has 0 unspecified atom stereocenters. The second-order valence-electron chi connectivity index (χ2n) is 7.40. The Bertz CT molecular complexity index is 726. The zero-order valence-electron chi connectivity index (χ0n) is 15.9. The van der Waals surface area contributed by atoms with Gasteiger partial charge in [-0.05, 0) is 86.0 Å². The third-order valence-corrected chi connectivity index (χ3v) is 9.08. The summed E-state index contributed by atoms with van der Waals surface area (Å²) < 4.78 is 13.7. The van der Waals surface area contributed by atoms with E-state index in [4.69, 9.17) is 8.85 Å². The smallest absolute Gasteiger partial charge is 0.506 e. The normalized spacial score (nSPS) is 17.6. The Morgan fingerprint density at radius 3 is 1.37 bits per heavy atom. The van der Waals surface area contributed by atoms with E-state index in [9.17, 15) is 0 Å². The van der Waals surface area contributed by atoms with Gasteiger partial charge in [-0.25, -0.2) is 0 Å². The molecule has 2 aliphatic carbocycles. The highest BCUT2D eigenvalue weighted by Crippen LogP contribution is 2.38. The third kappa shape index (κ3) is 4.19. The monoisotopic (exact) mass is 376 g/mol. The lowest BCUT2D eigenvalue weighted by Gasteiger charge is -2.37. The molecule has 27 heavy (non-hydrogen) atoms. The summed E-state index contributed by atoms with van der Waals surface area (Å²) in [6.45, 7) is 0. The van der Waals surface area contributed by atoms with E-state index in [1.165, 1.54) is 36.1 Å². The topological polar surface area (TPSA) is 18.5 Å². The van der Waals surface area contributed by atoms with E-state index in [-0.39, 0.29) is 0 Å². The van der Waals surface area contributed by atoms with Crippen molar-refractivity contribution in [2.75, 3.05) is 0 Å². The molecule has 0 bridgehead atoms. The lowest BCUT2D eigenvalue weighted by atomic mass is 10.1. The molecule has 140 valence electrons. The molecular weight excluding hydrogens is 348 g/mol. The maximum absolute atomic E-state index is 6.87. The fourth-order valence-corrected chi connectivity index (χ4v) is 7.82. The summed E-state index contributed by atoms with van der Waals surface area (Å²) in [5.41, 5.74) is 0. The third-order valence-electron chi connectivity index (χ3n) is 5.44. The second-order valence-corrected chi connectivity index (χ2v) is 10.3. The quantitative estimate of drug-likeness (QED) is 0.524. The summed E-state index contributed by atoms with van der Waals surface area (Å²) in [5, 5.41) is 2.82. The van der Waals surface area contributed by atoms with Crippen LogP contribution in [-0.4, -0.2) is 8.56 Å². The van der Waals surface area contributed by atoms with Crippen molar-refractivity contribution in [3.63, 3.8) is 0 Å². The van der Waals surface area contributed by atoms with Crippen LogP contribution in [0.1, 0.15) is 51.4 Å². The van der Waals surface area contributed by atoms with Gasteiger partial charge in [-0.1, -0.05) is 48.6 Å². The Kier molecular flexibility index (Phi) is 5.78. The molecule has 0 aromatic heterocycles. The maximum Gasteiger partial charge on any atom is 0.522 e. The Labute approximate surface area is 163 Å². The highest BCUT2D eigenvalue weighted by Gasteiger charge is 2.50. The van der Waals surface area contributed by atoms with Gasteiger partial charge >= 0.3 is 8.56 Å². The van der Waals surface area contributed by atoms with Crippen LogP contribution in [0.2, 0.25) is 0 Å². The minimum absolute atomic E-state index is 0.915. The molecule has 4 rings (SSSR count). The van der Waals surface area contributed by atoms with E-state index >= 15 is 0 Å². The molecule has 0 atom stereocenters.